The quantitative estimate of drug-likeness (QED) is 0.844. The van der Waals surface area contributed by atoms with E-state index in [1.54, 1.807) is 0 Å². The minimum Gasteiger partial charge on any atom is -0.339 e. The molecule has 25 heavy (non-hydrogen) atoms. The molecule has 1 unspecified atom stereocenters. The van der Waals surface area contributed by atoms with E-state index in [2.05, 4.69) is 36.1 Å². The average Bonchev–Trinajstić information content (AvgIpc) is 3.14. The molecule has 0 bridgehead atoms. The predicted octanol–water partition coefficient (Wildman–Crippen LogP) is 3.04. The topological polar surface area (TPSA) is 40.6 Å². The first-order chi connectivity index (χ1) is 11.8. The van der Waals surface area contributed by atoms with Crippen molar-refractivity contribution in [1.29, 1.82) is 0 Å². The van der Waals surface area contributed by atoms with Gasteiger partial charge in [-0.05, 0) is 51.2 Å². The van der Waals surface area contributed by atoms with Gasteiger partial charge >= 0.3 is 0 Å². The molecular weight excluding hydrogens is 312 g/mol. The number of hydrogen-bond donors (Lipinski definition) is 0. The monoisotopic (exact) mass is 342 g/mol. The Morgan fingerprint density at radius 1 is 1.16 bits per heavy atom. The Morgan fingerprint density at radius 3 is 2.24 bits per heavy atom. The van der Waals surface area contributed by atoms with Crippen LogP contribution in [0.2, 0.25) is 0 Å². The molecule has 1 aromatic carbocycles. The van der Waals surface area contributed by atoms with Crippen LogP contribution in [0.4, 0.5) is 0 Å². The van der Waals surface area contributed by atoms with E-state index in [1.165, 1.54) is 11.1 Å². The zero-order valence-corrected chi connectivity index (χ0v) is 15.9. The lowest BCUT2D eigenvalue weighted by molar-refractivity contribution is -0.138. The largest absolute Gasteiger partial charge is 0.339 e. The van der Waals surface area contributed by atoms with Crippen molar-refractivity contribution in [3.05, 3.63) is 35.4 Å². The molecule has 4 heteroatoms. The molecule has 1 aromatic rings. The van der Waals surface area contributed by atoms with E-state index in [1.807, 2.05) is 25.7 Å². The van der Waals surface area contributed by atoms with Gasteiger partial charge in [0.15, 0.2) is 0 Å². The molecule has 3 rings (SSSR count). The van der Waals surface area contributed by atoms with Crippen molar-refractivity contribution in [1.82, 2.24) is 9.80 Å². The Bertz CT molecular complexity index is 637. The summed E-state index contributed by atoms with van der Waals surface area (Å²) in [6.07, 6.45) is 3.18. The first-order valence-electron chi connectivity index (χ1n) is 9.49. The summed E-state index contributed by atoms with van der Waals surface area (Å²) in [6.45, 7) is 9.56. The van der Waals surface area contributed by atoms with Gasteiger partial charge in [0.2, 0.25) is 11.8 Å². The standard InChI is InChI=1S/C21H30N2O2/c1-5-10-22(18-11-15-8-6-7-9-16(15)12-18)20(25)17-13-19(24)23(14-17)21(2,3)4/h6-9,17-18H,5,10-14H2,1-4H3. The Hall–Kier alpha value is -1.84. The second-order valence-corrected chi connectivity index (χ2v) is 8.44. The van der Waals surface area contributed by atoms with Gasteiger partial charge in [0, 0.05) is 31.1 Å². The van der Waals surface area contributed by atoms with E-state index in [-0.39, 0.29) is 29.3 Å². The third-order valence-electron chi connectivity index (χ3n) is 5.50. The molecule has 1 fully saturated rings. The second-order valence-electron chi connectivity index (χ2n) is 8.44. The van der Waals surface area contributed by atoms with Crippen LogP contribution in [0.5, 0.6) is 0 Å². The maximum absolute atomic E-state index is 13.2. The van der Waals surface area contributed by atoms with Crippen LogP contribution in [-0.2, 0) is 22.4 Å². The van der Waals surface area contributed by atoms with Crippen LogP contribution < -0.4 is 0 Å². The van der Waals surface area contributed by atoms with Crippen LogP contribution in [0.25, 0.3) is 0 Å². The van der Waals surface area contributed by atoms with Gasteiger partial charge in [-0.15, -0.1) is 0 Å². The van der Waals surface area contributed by atoms with Crippen molar-refractivity contribution in [3.63, 3.8) is 0 Å². The van der Waals surface area contributed by atoms with Gasteiger partial charge in [0.1, 0.15) is 0 Å². The van der Waals surface area contributed by atoms with Crippen molar-refractivity contribution < 1.29 is 9.59 Å². The molecule has 0 N–H and O–H groups in total. The molecule has 1 atom stereocenters. The minimum atomic E-state index is -0.217. The van der Waals surface area contributed by atoms with E-state index < -0.39 is 0 Å². The van der Waals surface area contributed by atoms with Gasteiger partial charge in [0.25, 0.3) is 0 Å². The van der Waals surface area contributed by atoms with E-state index >= 15 is 0 Å². The number of carbonyl (C=O) groups is 2. The predicted molar refractivity (Wildman–Crippen MR) is 99.2 cm³/mol. The summed E-state index contributed by atoms with van der Waals surface area (Å²) in [5.41, 5.74) is 2.51. The lowest BCUT2D eigenvalue weighted by Gasteiger charge is -2.33. The van der Waals surface area contributed by atoms with Gasteiger partial charge < -0.3 is 9.80 Å². The van der Waals surface area contributed by atoms with Crippen molar-refractivity contribution in [2.75, 3.05) is 13.1 Å². The van der Waals surface area contributed by atoms with Crippen molar-refractivity contribution in [3.8, 4) is 0 Å². The van der Waals surface area contributed by atoms with E-state index in [0.717, 1.165) is 25.8 Å². The van der Waals surface area contributed by atoms with Gasteiger partial charge in [-0.3, -0.25) is 9.59 Å². The summed E-state index contributed by atoms with van der Waals surface area (Å²) in [4.78, 5) is 29.5. The molecule has 1 aliphatic carbocycles. The maximum Gasteiger partial charge on any atom is 0.228 e. The van der Waals surface area contributed by atoms with Gasteiger partial charge in [-0.2, -0.15) is 0 Å². The number of likely N-dealkylation sites (tertiary alicyclic amines) is 1. The van der Waals surface area contributed by atoms with Gasteiger partial charge in [-0.25, -0.2) is 0 Å². The number of amides is 2. The summed E-state index contributed by atoms with van der Waals surface area (Å²) in [5, 5.41) is 0. The smallest absolute Gasteiger partial charge is 0.228 e. The Balaban J connectivity index is 1.74. The number of carbonyl (C=O) groups excluding carboxylic acids is 2. The van der Waals surface area contributed by atoms with Crippen LogP contribution in [0.1, 0.15) is 51.7 Å². The number of nitrogens with zero attached hydrogens (tertiary/aromatic N) is 2. The lowest BCUT2D eigenvalue weighted by atomic mass is 10.0. The maximum atomic E-state index is 13.2. The van der Waals surface area contributed by atoms with Gasteiger partial charge in [-0.1, -0.05) is 31.2 Å². The molecule has 136 valence electrons. The Morgan fingerprint density at radius 2 is 1.76 bits per heavy atom. The number of rotatable bonds is 4. The summed E-state index contributed by atoms with van der Waals surface area (Å²) in [5.74, 6) is 0.0822. The first-order valence-corrected chi connectivity index (χ1v) is 9.49. The number of benzene rings is 1. The highest BCUT2D eigenvalue weighted by Gasteiger charge is 2.42. The summed E-state index contributed by atoms with van der Waals surface area (Å²) < 4.78 is 0. The van der Waals surface area contributed by atoms with Crippen molar-refractivity contribution in [2.45, 2.75) is 65.0 Å². The van der Waals surface area contributed by atoms with Crippen LogP contribution in [0, 0.1) is 5.92 Å². The normalized spacial score (nSPS) is 20.9. The first kappa shape index (κ1) is 18.0. The highest BCUT2D eigenvalue weighted by atomic mass is 16.2. The molecule has 1 saturated heterocycles. The molecule has 2 amide bonds. The molecule has 0 saturated carbocycles. The molecular formula is C21H30N2O2. The molecule has 1 heterocycles. The SMILES string of the molecule is CCCN(C(=O)C1CC(=O)N(C(C)(C)C)C1)C1Cc2ccccc2C1. The summed E-state index contributed by atoms with van der Waals surface area (Å²) >= 11 is 0. The van der Waals surface area contributed by atoms with E-state index in [0.29, 0.717) is 13.0 Å². The molecule has 4 nitrogen and oxygen atoms in total. The van der Waals surface area contributed by atoms with Crippen LogP contribution in [-0.4, -0.2) is 46.3 Å². The second kappa shape index (κ2) is 6.81. The number of hydrogen-bond acceptors (Lipinski definition) is 2. The van der Waals surface area contributed by atoms with Crippen molar-refractivity contribution in [2.24, 2.45) is 5.92 Å². The molecule has 0 radical (unpaired) electrons. The van der Waals surface area contributed by atoms with Gasteiger partial charge in [0.05, 0.1) is 5.92 Å². The highest BCUT2D eigenvalue weighted by molar-refractivity contribution is 5.89. The Labute approximate surface area is 151 Å². The lowest BCUT2D eigenvalue weighted by Crippen LogP contribution is -2.46. The fourth-order valence-corrected chi connectivity index (χ4v) is 4.23. The fourth-order valence-electron chi connectivity index (χ4n) is 4.23. The molecule has 2 aliphatic rings. The fraction of sp³-hybridized carbons (Fsp3) is 0.619. The van der Waals surface area contributed by atoms with Crippen molar-refractivity contribution >= 4 is 11.8 Å². The highest BCUT2D eigenvalue weighted by Crippen LogP contribution is 2.30. The zero-order valence-electron chi connectivity index (χ0n) is 15.9. The van der Waals surface area contributed by atoms with E-state index in [9.17, 15) is 9.59 Å². The summed E-state index contributed by atoms with van der Waals surface area (Å²) in [6, 6.07) is 8.73. The Kier molecular flexibility index (Phi) is 4.90. The van der Waals surface area contributed by atoms with Crippen LogP contribution in [0.15, 0.2) is 24.3 Å². The average molecular weight is 342 g/mol. The van der Waals surface area contributed by atoms with Crippen LogP contribution >= 0.6 is 0 Å². The third kappa shape index (κ3) is 3.58. The number of fused-ring (bicyclic) bond motifs is 1. The molecule has 0 spiro atoms. The third-order valence-corrected chi connectivity index (χ3v) is 5.50. The minimum absolute atomic E-state index is 0.108. The molecule has 0 aromatic heterocycles. The summed E-state index contributed by atoms with van der Waals surface area (Å²) in [7, 11) is 0. The van der Waals surface area contributed by atoms with E-state index in [4.69, 9.17) is 0 Å². The molecule has 1 aliphatic heterocycles. The zero-order chi connectivity index (χ0) is 18.2. The van der Waals surface area contributed by atoms with Crippen LogP contribution in [0.3, 0.4) is 0 Å².